The Kier molecular flexibility index (Phi) is 7.02. The van der Waals surface area contributed by atoms with Crippen molar-refractivity contribution in [3.63, 3.8) is 0 Å². The maximum Gasteiger partial charge on any atom is 0.338 e. The lowest BCUT2D eigenvalue weighted by atomic mass is 10.1. The zero-order valence-corrected chi connectivity index (χ0v) is 14.0. The predicted molar refractivity (Wildman–Crippen MR) is 95.0 cm³/mol. The van der Waals surface area contributed by atoms with Gasteiger partial charge in [0.2, 0.25) is 5.91 Å². The summed E-state index contributed by atoms with van der Waals surface area (Å²) < 4.78 is 5.20. The fourth-order valence-corrected chi connectivity index (χ4v) is 2.28. The lowest BCUT2D eigenvalue weighted by Crippen LogP contribution is -2.14. The molecule has 4 heteroatoms. The standard InChI is InChI=1S/C20H23NO3/c1-2-3-7-14-24-20(23)17-10-12-18(13-11-17)21-19(22)15-16-8-5-4-6-9-16/h4-6,8-13H,2-3,7,14-15H2,1H3,(H,21,22). The lowest BCUT2D eigenvalue weighted by molar-refractivity contribution is -0.115. The number of hydrogen-bond acceptors (Lipinski definition) is 3. The molecule has 0 spiro atoms. The first kappa shape index (κ1) is 17.7. The van der Waals surface area contributed by atoms with Crippen molar-refractivity contribution in [3.8, 4) is 0 Å². The molecule has 0 fully saturated rings. The number of amides is 1. The van der Waals surface area contributed by atoms with Crippen LogP contribution in [-0.2, 0) is 16.0 Å². The molecule has 0 aliphatic heterocycles. The second-order valence-corrected chi connectivity index (χ2v) is 5.63. The minimum Gasteiger partial charge on any atom is -0.462 e. The van der Waals surface area contributed by atoms with E-state index in [-0.39, 0.29) is 11.9 Å². The van der Waals surface area contributed by atoms with Gasteiger partial charge in [0.1, 0.15) is 0 Å². The van der Waals surface area contributed by atoms with Crippen LogP contribution in [0.1, 0.15) is 42.1 Å². The SMILES string of the molecule is CCCCCOC(=O)c1ccc(NC(=O)Cc2ccccc2)cc1. The molecule has 2 aromatic carbocycles. The van der Waals surface area contributed by atoms with Crippen molar-refractivity contribution in [2.24, 2.45) is 0 Å². The second kappa shape index (κ2) is 9.50. The van der Waals surface area contributed by atoms with E-state index in [0.29, 0.717) is 24.3 Å². The number of carbonyl (C=O) groups excluding carboxylic acids is 2. The number of unbranched alkanes of at least 4 members (excludes halogenated alkanes) is 2. The Balaban J connectivity index is 1.83. The van der Waals surface area contributed by atoms with E-state index in [1.165, 1.54) is 0 Å². The molecule has 0 atom stereocenters. The number of anilines is 1. The highest BCUT2D eigenvalue weighted by Crippen LogP contribution is 2.12. The third-order valence-electron chi connectivity index (χ3n) is 3.59. The maximum absolute atomic E-state index is 12.0. The Labute approximate surface area is 142 Å². The molecule has 0 saturated heterocycles. The zero-order valence-electron chi connectivity index (χ0n) is 14.0. The Morgan fingerprint density at radius 3 is 2.33 bits per heavy atom. The third kappa shape index (κ3) is 5.88. The first-order valence-electron chi connectivity index (χ1n) is 8.30. The van der Waals surface area contributed by atoms with E-state index in [1.54, 1.807) is 24.3 Å². The highest BCUT2D eigenvalue weighted by molar-refractivity contribution is 5.94. The van der Waals surface area contributed by atoms with Crippen molar-refractivity contribution >= 4 is 17.6 Å². The number of esters is 1. The fourth-order valence-electron chi connectivity index (χ4n) is 2.28. The van der Waals surface area contributed by atoms with Crippen LogP contribution in [0.25, 0.3) is 0 Å². The van der Waals surface area contributed by atoms with Crippen LogP contribution in [0.4, 0.5) is 5.69 Å². The van der Waals surface area contributed by atoms with Crippen LogP contribution >= 0.6 is 0 Å². The van der Waals surface area contributed by atoms with Crippen LogP contribution in [0, 0.1) is 0 Å². The largest absolute Gasteiger partial charge is 0.462 e. The summed E-state index contributed by atoms with van der Waals surface area (Å²) >= 11 is 0. The molecule has 24 heavy (non-hydrogen) atoms. The minimum absolute atomic E-state index is 0.0870. The molecular formula is C20H23NO3. The molecular weight excluding hydrogens is 302 g/mol. The van der Waals surface area contributed by atoms with Gasteiger partial charge in [-0.2, -0.15) is 0 Å². The molecule has 4 nitrogen and oxygen atoms in total. The van der Waals surface area contributed by atoms with Gasteiger partial charge in [0.15, 0.2) is 0 Å². The predicted octanol–water partition coefficient (Wildman–Crippen LogP) is 4.21. The number of hydrogen-bond donors (Lipinski definition) is 1. The molecule has 0 saturated carbocycles. The average Bonchev–Trinajstić information content (AvgIpc) is 2.60. The summed E-state index contributed by atoms with van der Waals surface area (Å²) in [6.07, 6.45) is 3.35. The maximum atomic E-state index is 12.0. The molecule has 2 rings (SSSR count). The van der Waals surface area contributed by atoms with Gasteiger partial charge in [0.25, 0.3) is 0 Å². The second-order valence-electron chi connectivity index (χ2n) is 5.63. The zero-order chi connectivity index (χ0) is 17.2. The number of nitrogens with one attached hydrogen (secondary N) is 1. The molecule has 0 radical (unpaired) electrons. The summed E-state index contributed by atoms with van der Waals surface area (Å²) in [6.45, 7) is 2.55. The van der Waals surface area contributed by atoms with Crippen LogP contribution in [0.2, 0.25) is 0 Å². The summed E-state index contributed by atoms with van der Waals surface area (Å²) in [7, 11) is 0. The first-order chi connectivity index (χ1) is 11.7. The van der Waals surface area contributed by atoms with Crippen LogP contribution in [-0.4, -0.2) is 18.5 Å². The van der Waals surface area contributed by atoms with E-state index < -0.39 is 0 Å². The number of ether oxygens (including phenoxy) is 1. The van der Waals surface area contributed by atoms with Gasteiger partial charge in [-0.05, 0) is 36.2 Å². The van der Waals surface area contributed by atoms with E-state index >= 15 is 0 Å². The Bertz CT molecular complexity index is 650. The van der Waals surface area contributed by atoms with Gasteiger partial charge < -0.3 is 10.1 Å². The number of rotatable bonds is 8. The Hall–Kier alpha value is -2.62. The molecule has 1 N–H and O–H groups in total. The summed E-state index contributed by atoms with van der Waals surface area (Å²) in [5.41, 5.74) is 2.12. The van der Waals surface area contributed by atoms with E-state index in [1.807, 2.05) is 30.3 Å². The minimum atomic E-state index is -0.326. The number of carbonyl (C=O) groups is 2. The molecule has 126 valence electrons. The van der Waals surface area contributed by atoms with Crippen LogP contribution in [0.5, 0.6) is 0 Å². The van der Waals surface area contributed by atoms with Gasteiger partial charge in [0.05, 0.1) is 18.6 Å². The van der Waals surface area contributed by atoms with Gasteiger partial charge in [-0.1, -0.05) is 50.1 Å². The van der Waals surface area contributed by atoms with E-state index in [4.69, 9.17) is 4.74 Å². The van der Waals surface area contributed by atoms with Crippen molar-refractivity contribution in [2.45, 2.75) is 32.6 Å². The van der Waals surface area contributed by atoms with Crippen molar-refractivity contribution in [1.29, 1.82) is 0 Å². The molecule has 0 bridgehead atoms. The van der Waals surface area contributed by atoms with Crippen molar-refractivity contribution in [1.82, 2.24) is 0 Å². The topological polar surface area (TPSA) is 55.4 Å². The summed E-state index contributed by atoms with van der Waals surface area (Å²) in [4.78, 5) is 23.9. The summed E-state index contributed by atoms with van der Waals surface area (Å²) in [5, 5.41) is 2.83. The van der Waals surface area contributed by atoms with Crippen molar-refractivity contribution in [3.05, 3.63) is 65.7 Å². The fraction of sp³-hybridized carbons (Fsp3) is 0.300. The van der Waals surface area contributed by atoms with Crippen LogP contribution < -0.4 is 5.32 Å². The van der Waals surface area contributed by atoms with E-state index in [2.05, 4.69) is 12.2 Å². The summed E-state index contributed by atoms with van der Waals surface area (Å²) in [5.74, 6) is -0.413. The summed E-state index contributed by atoms with van der Waals surface area (Å²) in [6, 6.07) is 16.3. The highest BCUT2D eigenvalue weighted by Gasteiger charge is 2.08. The molecule has 0 aliphatic rings. The smallest absolute Gasteiger partial charge is 0.338 e. The average molecular weight is 325 g/mol. The van der Waals surface area contributed by atoms with Crippen molar-refractivity contribution < 1.29 is 14.3 Å². The normalized spacial score (nSPS) is 10.2. The molecule has 0 aliphatic carbocycles. The highest BCUT2D eigenvalue weighted by atomic mass is 16.5. The molecule has 0 aromatic heterocycles. The quantitative estimate of drug-likeness (QED) is 0.584. The molecule has 0 heterocycles. The van der Waals surface area contributed by atoms with E-state index in [0.717, 1.165) is 24.8 Å². The Morgan fingerprint density at radius 1 is 0.958 bits per heavy atom. The molecule has 2 aromatic rings. The molecule has 1 amide bonds. The van der Waals surface area contributed by atoms with Crippen molar-refractivity contribution in [2.75, 3.05) is 11.9 Å². The lowest BCUT2D eigenvalue weighted by Gasteiger charge is -2.07. The van der Waals surface area contributed by atoms with Crippen LogP contribution in [0.3, 0.4) is 0 Å². The van der Waals surface area contributed by atoms with Gasteiger partial charge in [-0.25, -0.2) is 4.79 Å². The number of benzene rings is 2. The monoisotopic (exact) mass is 325 g/mol. The van der Waals surface area contributed by atoms with Gasteiger partial charge in [-0.15, -0.1) is 0 Å². The van der Waals surface area contributed by atoms with Crippen LogP contribution in [0.15, 0.2) is 54.6 Å². The van der Waals surface area contributed by atoms with Gasteiger partial charge >= 0.3 is 5.97 Å². The Morgan fingerprint density at radius 2 is 1.67 bits per heavy atom. The van der Waals surface area contributed by atoms with Gasteiger partial charge in [-0.3, -0.25) is 4.79 Å². The van der Waals surface area contributed by atoms with E-state index in [9.17, 15) is 9.59 Å². The third-order valence-corrected chi connectivity index (χ3v) is 3.59. The first-order valence-corrected chi connectivity index (χ1v) is 8.30. The van der Waals surface area contributed by atoms with Gasteiger partial charge in [0, 0.05) is 5.69 Å². The molecule has 0 unspecified atom stereocenters.